The molecule has 0 saturated carbocycles. The number of nitrogens with zero attached hydrogens (tertiary/aromatic N) is 1. The standard InChI is InChI=1S/C14H23N3O4S/c1-11-5-6-13(9-12(11)2)21-10-14(18)15-7-8-16-22(19,20)17(3)4/h5-6,9,16H,7-8,10H2,1-4H3,(H,15,18). The maximum absolute atomic E-state index is 11.6. The molecule has 1 rings (SSSR count). The first-order valence-electron chi connectivity index (χ1n) is 6.86. The zero-order valence-electron chi connectivity index (χ0n) is 13.3. The minimum absolute atomic E-state index is 0.108. The van der Waals surface area contributed by atoms with Gasteiger partial charge in [-0.25, -0.2) is 4.72 Å². The van der Waals surface area contributed by atoms with E-state index in [1.165, 1.54) is 14.1 Å². The molecule has 0 aliphatic rings. The monoisotopic (exact) mass is 329 g/mol. The number of benzene rings is 1. The van der Waals surface area contributed by atoms with E-state index in [1.54, 1.807) is 6.07 Å². The number of hydrogen-bond acceptors (Lipinski definition) is 4. The molecule has 0 heterocycles. The summed E-state index contributed by atoms with van der Waals surface area (Å²) in [7, 11) is -0.602. The molecule has 0 saturated heterocycles. The van der Waals surface area contributed by atoms with Crippen LogP contribution < -0.4 is 14.8 Å². The summed E-state index contributed by atoms with van der Waals surface area (Å²) < 4.78 is 31.6. The lowest BCUT2D eigenvalue weighted by atomic mass is 10.1. The molecule has 0 unspecified atom stereocenters. The van der Waals surface area contributed by atoms with Crippen molar-refractivity contribution in [3.8, 4) is 5.75 Å². The van der Waals surface area contributed by atoms with Crippen LogP contribution in [-0.4, -0.2) is 52.4 Å². The summed E-state index contributed by atoms with van der Waals surface area (Å²) in [5.41, 5.74) is 2.25. The number of rotatable bonds is 8. The molecule has 0 atom stereocenters. The fraction of sp³-hybridized carbons (Fsp3) is 0.500. The second-order valence-corrected chi connectivity index (χ2v) is 7.04. The largest absolute Gasteiger partial charge is 0.484 e. The van der Waals surface area contributed by atoms with E-state index in [-0.39, 0.29) is 25.6 Å². The molecule has 8 heteroatoms. The highest BCUT2D eigenvalue weighted by molar-refractivity contribution is 7.87. The highest BCUT2D eigenvalue weighted by Crippen LogP contribution is 2.16. The molecule has 0 aliphatic carbocycles. The highest BCUT2D eigenvalue weighted by atomic mass is 32.2. The topological polar surface area (TPSA) is 87.7 Å². The molecule has 0 spiro atoms. The Kier molecular flexibility index (Phi) is 6.79. The van der Waals surface area contributed by atoms with E-state index in [9.17, 15) is 13.2 Å². The van der Waals surface area contributed by atoms with Crippen molar-refractivity contribution in [1.29, 1.82) is 0 Å². The number of amides is 1. The minimum Gasteiger partial charge on any atom is -0.484 e. The van der Waals surface area contributed by atoms with Crippen molar-refractivity contribution < 1.29 is 17.9 Å². The van der Waals surface area contributed by atoms with Crippen LogP contribution in [0.5, 0.6) is 5.75 Å². The first kappa shape index (κ1) is 18.4. The van der Waals surface area contributed by atoms with Gasteiger partial charge in [0.2, 0.25) is 0 Å². The van der Waals surface area contributed by atoms with Crippen LogP contribution >= 0.6 is 0 Å². The fourth-order valence-corrected chi connectivity index (χ4v) is 2.13. The molecule has 2 N–H and O–H groups in total. The maximum atomic E-state index is 11.6. The van der Waals surface area contributed by atoms with Gasteiger partial charge in [-0.3, -0.25) is 4.79 Å². The van der Waals surface area contributed by atoms with Gasteiger partial charge >= 0.3 is 0 Å². The lowest BCUT2D eigenvalue weighted by molar-refractivity contribution is -0.123. The van der Waals surface area contributed by atoms with Crippen LogP contribution in [0.15, 0.2) is 18.2 Å². The van der Waals surface area contributed by atoms with Gasteiger partial charge in [-0.1, -0.05) is 6.07 Å². The number of aryl methyl sites for hydroxylation is 2. The quantitative estimate of drug-likeness (QED) is 0.667. The minimum atomic E-state index is -3.46. The van der Waals surface area contributed by atoms with Gasteiger partial charge < -0.3 is 10.1 Å². The van der Waals surface area contributed by atoms with Gasteiger partial charge in [-0.15, -0.1) is 0 Å². The molecule has 22 heavy (non-hydrogen) atoms. The molecular formula is C14H23N3O4S. The SMILES string of the molecule is Cc1ccc(OCC(=O)NCCNS(=O)(=O)N(C)C)cc1C. The van der Waals surface area contributed by atoms with Crippen molar-refractivity contribution in [2.75, 3.05) is 33.8 Å². The summed E-state index contributed by atoms with van der Waals surface area (Å²) in [6.07, 6.45) is 0. The molecule has 0 aromatic heterocycles. The van der Waals surface area contributed by atoms with E-state index in [2.05, 4.69) is 10.0 Å². The van der Waals surface area contributed by atoms with E-state index in [0.717, 1.165) is 15.4 Å². The number of hydrogen-bond donors (Lipinski definition) is 2. The van der Waals surface area contributed by atoms with E-state index in [0.29, 0.717) is 5.75 Å². The number of carbonyl (C=O) groups excluding carboxylic acids is 1. The third kappa shape index (κ3) is 6.00. The molecule has 124 valence electrons. The Morgan fingerprint density at radius 2 is 1.86 bits per heavy atom. The van der Waals surface area contributed by atoms with Gasteiger partial charge in [-0.2, -0.15) is 12.7 Å². The normalized spacial score (nSPS) is 11.5. The molecule has 0 radical (unpaired) electrons. The lowest BCUT2D eigenvalue weighted by Gasteiger charge is -2.13. The highest BCUT2D eigenvalue weighted by Gasteiger charge is 2.11. The van der Waals surface area contributed by atoms with Crippen LogP contribution in [0.1, 0.15) is 11.1 Å². The number of carbonyl (C=O) groups is 1. The Labute approximate surface area is 131 Å². The van der Waals surface area contributed by atoms with Crippen LogP contribution in [0.3, 0.4) is 0 Å². The summed E-state index contributed by atoms with van der Waals surface area (Å²) in [4.78, 5) is 11.6. The van der Waals surface area contributed by atoms with Gasteiger partial charge in [0, 0.05) is 27.2 Å². The lowest BCUT2D eigenvalue weighted by Crippen LogP contribution is -2.41. The number of nitrogens with one attached hydrogen (secondary N) is 2. The summed E-state index contributed by atoms with van der Waals surface area (Å²) in [5, 5.41) is 2.58. The Bertz CT molecular complexity index is 615. The van der Waals surface area contributed by atoms with Crippen molar-refractivity contribution in [3.05, 3.63) is 29.3 Å². The van der Waals surface area contributed by atoms with Crippen molar-refractivity contribution in [2.24, 2.45) is 0 Å². The average molecular weight is 329 g/mol. The van der Waals surface area contributed by atoms with Crippen LogP contribution in [0.4, 0.5) is 0 Å². The predicted octanol–water partition coefficient (Wildman–Crippen LogP) is 0.194. The maximum Gasteiger partial charge on any atom is 0.278 e. The molecular weight excluding hydrogens is 306 g/mol. The average Bonchev–Trinajstić information content (AvgIpc) is 2.44. The molecule has 0 aliphatic heterocycles. The van der Waals surface area contributed by atoms with Gasteiger partial charge in [-0.05, 0) is 37.1 Å². The first-order valence-corrected chi connectivity index (χ1v) is 8.30. The van der Waals surface area contributed by atoms with Crippen LogP contribution in [0.2, 0.25) is 0 Å². The zero-order valence-corrected chi connectivity index (χ0v) is 14.2. The Balaban J connectivity index is 2.28. The van der Waals surface area contributed by atoms with E-state index < -0.39 is 10.2 Å². The van der Waals surface area contributed by atoms with Gasteiger partial charge in [0.1, 0.15) is 5.75 Å². The van der Waals surface area contributed by atoms with Gasteiger partial charge in [0.25, 0.3) is 16.1 Å². The van der Waals surface area contributed by atoms with Crippen LogP contribution in [0, 0.1) is 13.8 Å². The molecule has 0 fully saturated rings. The predicted molar refractivity (Wildman–Crippen MR) is 85.0 cm³/mol. The molecule has 1 aromatic rings. The summed E-state index contributed by atoms with van der Waals surface area (Å²) in [6.45, 7) is 4.18. The zero-order chi connectivity index (χ0) is 16.8. The molecule has 1 aromatic carbocycles. The summed E-state index contributed by atoms with van der Waals surface area (Å²) >= 11 is 0. The van der Waals surface area contributed by atoms with Crippen LogP contribution in [-0.2, 0) is 15.0 Å². The molecule has 0 bridgehead atoms. The van der Waals surface area contributed by atoms with E-state index in [1.807, 2.05) is 26.0 Å². The third-order valence-corrected chi connectivity index (χ3v) is 4.59. The van der Waals surface area contributed by atoms with Crippen molar-refractivity contribution >= 4 is 16.1 Å². The summed E-state index contributed by atoms with van der Waals surface area (Å²) in [5.74, 6) is 0.328. The smallest absolute Gasteiger partial charge is 0.278 e. The number of ether oxygens (including phenoxy) is 1. The Hall–Kier alpha value is -1.64. The van der Waals surface area contributed by atoms with Crippen molar-refractivity contribution in [2.45, 2.75) is 13.8 Å². The first-order chi connectivity index (χ1) is 10.2. The van der Waals surface area contributed by atoms with Crippen LogP contribution in [0.25, 0.3) is 0 Å². The molecule has 7 nitrogen and oxygen atoms in total. The Morgan fingerprint density at radius 1 is 1.18 bits per heavy atom. The fourth-order valence-electron chi connectivity index (χ4n) is 1.51. The molecule has 1 amide bonds. The van der Waals surface area contributed by atoms with E-state index >= 15 is 0 Å². The summed E-state index contributed by atoms with van der Waals surface area (Å²) in [6, 6.07) is 5.60. The third-order valence-electron chi connectivity index (χ3n) is 3.06. The van der Waals surface area contributed by atoms with E-state index in [4.69, 9.17) is 4.74 Å². The Morgan fingerprint density at radius 3 is 2.45 bits per heavy atom. The van der Waals surface area contributed by atoms with Gasteiger partial charge in [0.05, 0.1) is 0 Å². The van der Waals surface area contributed by atoms with Gasteiger partial charge in [0.15, 0.2) is 6.61 Å². The van der Waals surface area contributed by atoms with Crippen molar-refractivity contribution in [1.82, 2.24) is 14.3 Å². The second kappa shape index (κ2) is 8.11. The second-order valence-electron chi connectivity index (χ2n) is 5.07. The van der Waals surface area contributed by atoms with Crippen molar-refractivity contribution in [3.63, 3.8) is 0 Å².